The molecule has 1 heterocycles. The van der Waals surface area contributed by atoms with Crippen molar-refractivity contribution in [3.63, 3.8) is 0 Å². The third-order valence-electron chi connectivity index (χ3n) is 5.15. The highest BCUT2D eigenvalue weighted by molar-refractivity contribution is 6.09. The molecule has 3 rings (SSSR count). The standard InChI is InChI=1S/C22H25N3O4/c1-15(2)22(27)24-12-10-18(11-13-24)23-19-9-8-17(14-20(19)25(28)29)21(26)16-6-4-3-5-7-16/h3-9,14-15,18,23H,10-13H2,1-2H3. The van der Waals surface area contributed by atoms with Gasteiger partial charge in [-0.15, -0.1) is 0 Å². The lowest BCUT2D eigenvalue weighted by molar-refractivity contribution is -0.384. The van der Waals surface area contributed by atoms with Crippen LogP contribution in [-0.2, 0) is 4.79 Å². The van der Waals surface area contributed by atoms with E-state index in [0.717, 1.165) is 12.8 Å². The summed E-state index contributed by atoms with van der Waals surface area (Å²) in [7, 11) is 0. The number of piperidine rings is 1. The third kappa shape index (κ3) is 4.80. The highest BCUT2D eigenvalue weighted by Crippen LogP contribution is 2.29. The lowest BCUT2D eigenvalue weighted by Crippen LogP contribution is -2.44. The highest BCUT2D eigenvalue weighted by Gasteiger charge is 2.26. The van der Waals surface area contributed by atoms with Gasteiger partial charge in [-0.05, 0) is 25.0 Å². The van der Waals surface area contributed by atoms with E-state index >= 15 is 0 Å². The number of amides is 1. The van der Waals surface area contributed by atoms with E-state index in [-0.39, 0.29) is 34.9 Å². The number of anilines is 1. The van der Waals surface area contributed by atoms with Crippen molar-refractivity contribution >= 4 is 23.1 Å². The maximum Gasteiger partial charge on any atom is 0.293 e. The predicted octanol–water partition coefficient (Wildman–Crippen LogP) is 3.88. The van der Waals surface area contributed by atoms with E-state index in [1.54, 1.807) is 36.4 Å². The van der Waals surface area contributed by atoms with Crippen molar-refractivity contribution in [2.24, 2.45) is 5.92 Å². The van der Waals surface area contributed by atoms with E-state index < -0.39 is 4.92 Å². The lowest BCUT2D eigenvalue weighted by Gasteiger charge is -2.33. The van der Waals surface area contributed by atoms with Gasteiger partial charge in [-0.3, -0.25) is 19.7 Å². The first-order valence-electron chi connectivity index (χ1n) is 9.80. The van der Waals surface area contributed by atoms with Gasteiger partial charge in [0, 0.05) is 42.2 Å². The number of ketones is 1. The number of benzene rings is 2. The smallest absolute Gasteiger partial charge is 0.293 e. The van der Waals surface area contributed by atoms with Gasteiger partial charge in [-0.2, -0.15) is 0 Å². The summed E-state index contributed by atoms with van der Waals surface area (Å²) in [5.41, 5.74) is 1.05. The summed E-state index contributed by atoms with van der Waals surface area (Å²) in [4.78, 5) is 37.7. The topological polar surface area (TPSA) is 92.6 Å². The van der Waals surface area contributed by atoms with Gasteiger partial charge in [0.05, 0.1) is 4.92 Å². The van der Waals surface area contributed by atoms with E-state index in [9.17, 15) is 19.7 Å². The molecule has 1 fully saturated rings. The molecule has 2 aromatic rings. The quantitative estimate of drug-likeness (QED) is 0.455. The molecule has 0 unspecified atom stereocenters. The van der Waals surface area contributed by atoms with E-state index in [1.165, 1.54) is 6.07 Å². The van der Waals surface area contributed by atoms with Crippen LogP contribution in [0.4, 0.5) is 11.4 Å². The van der Waals surface area contributed by atoms with Gasteiger partial charge in [0.2, 0.25) is 5.91 Å². The summed E-state index contributed by atoms with van der Waals surface area (Å²) in [5.74, 6) is -0.144. The van der Waals surface area contributed by atoms with Crippen LogP contribution in [0.25, 0.3) is 0 Å². The summed E-state index contributed by atoms with van der Waals surface area (Å²) < 4.78 is 0. The minimum atomic E-state index is -0.471. The molecule has 29 heavy (non-hydrogen) atoms. The molecule has 0 radical (unpaired) electrons. The molecule has 0 spiro atoms. The summed E-state index contributed by atoms with van der Waals surface area (Å²) >= 11 is 0. The molecule has 1 aliphatic heterocycles. The van der Waals surface area contributed by atoms with Crippen LogP contribution in [0, 0.1) is 16.0 Å². The normalized spacial score (nSPS) is 14.7. The lowest BCUT2D eigenvalue weighted by atomic mass is 10.0. The first-order chi connectivity index (χ1) is 13.9. The van der Waals surface area contributed by atoms with Crippen LogP contribution < -0.4 is 5.32 Å². The molecule has 2 aromatic carbocycles. The monoisotopic (exact) mass is 395 g/mol. The van der Waals surface area contributed by atoms with Gasteiger partial charge in [0.15, 0.2) is 5.78 Å². The molecular weight excluding hydrogens is 370 g/mol. The first kappa shape index (κ1) is 20.5. The van der Waals surface area contributed by atoms with Crippen LogP contribution in [0.1, 0.15) is 42.6 Å². The molecule has 0 bridgehead atoms. The molecule has 1 N–H and O–H groups in total. The second kappa shape index (κ2) is 8.86. The Hall–Kier alpha value is -3.22. The van der Waals surface area contributed by atoms with E-state index in [2.05, 4.69) is 5.32 Å². The summed E-state index contributed by atoms with van der Waals surface area (Å²) in [6, 6.07) is 13.3. The number of likely N-dealkylation sites (tertiary alicyclic amines) is 1. The van der Waals surface area contributed by atoms with Crippen LogP contribution >= 0.6 is 0 Å². The molecule has 0 aromatic heterocycles. The van der Waals surface area contributed by atoms with Crippen molar-refractivity contribution in [2.75, 3.05) is 18.4 Å². The van der Waals surface area contributed by atoms with E-state index in [0.29, 0.717) is 24.3 Å². The van der Waals surface area contributed by atoms with Crippen molar-refractivity contribution in [1.29, 1.82) is 0 Å². The Morgan fingerprint density at radius 1 is 1.07 bits per heavy atom. The maximum absolute atomic E-state index is 12.6. The number of nitro groups is 1. The number of hydrogen-bond acceptors (Lipinski definition) is 5. The van der Waals surface area contributed by atoms with Crippen LogP contribution in [0.5, 0.6) is 0 Å². The predicted molar refractivity (Wildman–Crippen MR) is 111 cm³/mol. The number of nitrogens with one attached hydrogen (secondary N) is 1. The van der Waals surface area contributed by atoms with Crippen molar-refractivity contribution in [1.82, 2.24) is 4.90 Å². The van der Waals surface area contributed by atoms with Crippen LogP contribution in [0.2, 0.25) is 0 Å². The molecule has 1 aliphatic rings. The number of hydrogen-bond donors (Lipinski definition) is 1. The van der Waals surface area contributed by atoms with Crippen molar-refractivity contribution in [3.05, 3.63) is 69.8 Å². The fourth-order valence-corrected chi connectivity index (χ4v) is 3.53. The average Bonchev–Trinajstić information content (AvgIpc) is 2.74. The third-order valence-corrected chi connectivity index (χ3v) is 5.15. The zero-order chi connectivity index (χ0) is 21.0. The van der Waals surface area contributed by atoms with Crippen LogP contribution in [0.3, 0.4) is 0 Å². The molecular formula is C22H25N3O4. The molecule has 152 valence electrons. The summed E-state index contributed by atoms with van der Waals surface area (Å²) in [5, 5.41) is 14.8. The number of nitrogens with zero attached hydrogens (tertiary/aromatic N) is 2. The average molecular weight is 395 g/mol. The Bertz CT molecular complexity index is 904. The largest absolute Gasteiger partial charge is 0.377 e. The maximum atomic E-state index is 12.6. The van der Waals surface area contributed by atoms with Gasteiger partial charge in [0.1, 0.15) is 5.69 Å². The van der Waals surface area contributed by atoms with Crippen molar-refractivity contribution in [2.45, 2.75) is 32.7 Å². The molecule has 1 amide bonds. The fraction of sp³-hybridized carbons (Fsp3) is 0.364. The van der Waals surface area contributed by atoms with Gasteiger partial charge in [-0.1, -0.05) is 44.2 Å². The van der Waals surface area contributed by atoms with Gasteiger partial charge < -0.3 is 10.2 Å². The van der Waals surface area contributed by atoms with Crippen LogP contribution in [0.15, 0.2) is 48.5 Å². The molecule has 0 aliphatic carbocycles. The number of carbonyl (C=O) groups is 2. The second-order valence-corrected chi connectivity index (χ2v) is 7.58. The minimum Gasteiger partial charge on any atom is -0.377 e. The van der Waals surface area contributed by atoms with E-state index in [4.69, 9.17) is 0 Å². The molecule has 7 heteroatoms. The Kier molecular flexibility index (Phi) is 6.26. The van der Waals surface area contributed by atoms with Gasteiger partial charge in [0.25, 0.3) is 5.69 Å². The van der Waals surface area contributed by atoms with Gasteiger partial charge >= 0.3 is 0 Å². The Morgan fingerprint density at radius 2 is 1.72 bits per heavy atom. The molecule has 0 atom stereocenters. The second-order valence-electron chi connectivity index (χ2n) is 7.58. The minimum absolute atomic E-state index is 0.0321. The SMILES string of the molecule is CC(C)C(=O)N1CCC(Nc2ccc(C(=O)c3ccccc3)cc2[N+](=O)[O-])CC1. The van der Waals surface area contributed by atoms with E-state index in [1.807, 2.05) is 24.8 Å². The molecule has 0 saturated carbocycles. The Labute approximate surface area is 169 Å². The van der Waals surface area contributed by atoms with Crippen molar-refractivity contribution < 1.29 is 14.5 Å². The Balaban J connectivity index is 1.73. The molecule has 1 saturated heterocycles. The van der Waals surface area contributed by atoms with Gasteiger partial charge in [-0.25, -0.2) is 0 Å². The van der Waals surface area contributed by atoms with Crippen molar-refractivity contribution in [3.8, 4) is 0 Å². The summed E-state index contributed by atoms with van der Waals surface area (Å²) in [6.07, 6.45) is 1.45. The molecule has 7 nitrogen and oxygen atoms in total. The number of carbonyl (C=O) groups excluding carboxylic acids is 2. The fourth-order valence-electron chi connectivity index (χ4n) is 3.53. The zero-order valence-electron chi connectivity index (χ0n) is 16.6. The zero-order valence-corrected chi connectivity index (χ0v) is 16.6. The number of nitro benzene ring substituents is 1. The highest BCUT2D eigenvalue weighted by atomic mass is 16.6. The Morgan fingerprint density at radius 3 is 2.31 bits per heavy atom. The summed E-state index contributed by atoms with van der Waals surface area (Å²) in [6.45, 7) is 5.03. The first-order valence-corrected chi connectivity index (χ1v) is 9.80. The van der Waals surface area contributed by atoms with Crippen LogP contribution in [-0.4, -0.2) is 40.6 Å². The number of rotatable bonds is 6.